The van der Waals surface area contributed by atoms with Crippen molar-refractivity contribution in [1.82, 2.24) is 9.80 Å². The maximum absolute atomic E-state index is 12.3. The summed E-state index contributed by atoms with van der Waals surface area (Å²) in [4.78, 5) is 28.0. The van der Waals surface area contributed by atoms with Gasteiger partial charge in [-0.2, -0.15) is 0 Å². The Labute approximate surface area is 174 Å². The minimum absolute atomic E-state index is 0.0922. The van der Waals surface area contributed by atoms with E-state index < -0.39 is 5.60 Å². The smallest absolute Gasteiger partial charge is 0.262 e. The van der Waals surface area contributed by atoms with Crippen LogP contribution < -0.4 is 0 Å². The third-order valence-electron chi connectivity index (χ3n) is 5.61. The first-order valence-electron chi connectivity index (χ1n) is 9.60. The van der Waals surface area contributed by atoms with Gasteiger partial charge in [0.15, 0.2) is 0 Å². The summed E-state index contributed by atoms with van der Waals surface area (Å²) in [6.07, 6.45) is 1.24. The lowest BCUT2D eigenvalue weighted by atomic mass is 9.84. The number of hydrogen-bond donors (Lipinski definition) is 1. The van der Waals surface area contributed by atoms with Crippen molar-refractivity contribution in [2.24, 2.45) is 0 Å². The minimum atomic E-state index is -0.839. The molecule has 0 spiro atoms. The number of rotatable bonds is 3. The molecule has 2 aliphatic heterocycles. The zero-order valence-corrected chi connectivity index (χ0v) is 16.7. The molecule has 0 unspecified atom stereocenters. The van der Waals surface area contributed by atoms with Gasteiger partial charge in [0.05, 0.1) is 29.8 Å². The monoisotopic (exact) mass is 408 g/mol. The predicted octanol–water partition coefficient (Wildman–Crippen LogP) is 2.92. The number of aliphatic hydroxyl groups is 1. The zero-order chi connectivity index (χ0) is 20.4. The number of imide groups is 1. The molecule has 2 aromatic carbocycles. The predicted molar refractivity (Wildman–Crippen MR) is 111 cm³/mol. The first-order valence-corrected chi connectivity index (χ1v) is 9.97. The van der Waals surface area contributed by atoms with E-state index in [-0.39, 0.29) is 18.4 Å². The van der Waals surface area contributed by atoms with Crippen LogP contribution in [0, 0.1) is 11.8 Å². The Morgan fingerprint density at radius 2 is 1.45 bits per heavy atom. The van der Waals surface area contributed by atoms with Gasteiger partial charge in [-0.05, 0) is 42.7 Å². The highest BCUT2D eigenvalue weighted by Gasteiger charge is 2.35. The van der Waals surface area contributed by atoms with Crippen LogP contribution in [-0.2, 0) is 5.60 Å². The van der Waals surface area contributed by atoms with Gasteiger partial charge in [-0.25, -0.2) is 0 Å². The van der Waals surface area contributed by atoms with Crippen LogP contribution >= 0.6 is 11.6 Å². The van der Waals surface area contributed by atoms with E-state index in [9.17, 15) is 14.7 Å². The van der Waals surface area contributed by atoms with Gasteiger partial charge in [0.2, 0.25) is 0 Å². The fourth-order valence-corrected chi connectivity index (χ4v) is 3.94. The van der Waals surface area contributed by atoms with Crippen LogP contribution in [0.4, 0.5) is 0 Å². The van der Waals surface area contributed by atoms with E-state index in [1.165, 1.54) is 4.90 Å². The summed E-state index contributed by atoms with van der Waals surface area (Å²) in [6, 6.07) is 14.2. The number of hydrogen-bond acceptors (Lipinski definition) is 4. The summed E-state index contributed by atoms with van der Waals surface area (Å²) in [5.41, 5.74) is 0.932. The molecule has 2 aromatic rings. The Bertz CT molecular complexity index is 964. The Balaban J connectivity index is 1.30. The number of benzene rings is 2. The van der Waals surface area contributed by atoms with E-state index in [4.69, 9.17) is 11.6 Å². The Morgan fingerprint density at radius 1 is 0.897 bits per heavy atom. The van der Waals surface area contributed by atoms with Gasteiger partial charge in [-0.3, -0.25) is 19.4 Å². The molecular weight excluding hydrogens is 388 g/mol. The van der Waals surface area contributed by atoms with Crippen LogP contribution in [0.2, 0.25) is 5.02 Å². The van der Waals surface area contributed by atoms with Crippen molar-refractivity contribution in [2.75, 3.05) is 26.2 Å². The number of piperidine rings is 1. The van der Waals surface area contributed by atoms with Gasteiger partial charge in [0.1, 0.15) is 0 Å². The van der Waals surface area contributed by atoms with E-state index in [0.717, 1.165) is 18.7 Å². The summed E-state index contributed by atoms with van der Waals surface area (Å²) in [5, 5.41) is 11.6. The second kappa shape index (κ2) is 8.00. The van der Waals surface area contributed by atoms with Crippen molar-refractivity contribution >= 4 is 23.4 Å². The second-order valence-corrected chi connectivity index (χ2v) is 7.85. The van der Waals surface area contributed by atoms with Gasteiger partial charge < -0.3 is 5.11 Å². The highest BCUT2D eigenvalue weighted by molar-refractivity contribution is 6.30. The van der Waals surface area contributed by atoms with Crippen LogP contribution in [0.15, 0.2) is 48.5 Å². The van der Waals surface area contributed by atoms with E-state index in [1.807, 2.05) is 12.1 Å². The topological polar surface area (TPSA) is 60.9 Å². The van der Waals surface area contributed by atoms with Crippen LogP contribution in [0.25, 0.3) is 0 Å². The van der Waals surface area contributed by atoms with E-state index in [1.54, 1.807) is 36.4 Å². The molecule has 0 atom stereocenters. The number of likely N-dealkylation sites (tertiary alicyclic amines) is 1. The van der Waals surface area contributed by atoms with Crippen molar-refractivity contribution in [2.45, 2.75) is 18.4 Å². The average molecular weight is 409 g/mol. The maximum atomic E-state index is 12.3. The van der Waals surface area contributed by atoms with Gasteiger partial charge in [-0.15, -0.1) is 0 Å². The number of carbonyl (C=O) groups is 2. The normalized spacial score (nSPS) is 18.3. The molecular formula is C23H21ClN2O3. The fourth-order valence-electron chi connectivity index (χ4n) is 3.82. The Hall–Kier alpha value is -2.65. The van der Waals surface area contributed by atoms with Crippen LogP contribution in [0.5, 0.6) is 0 Å². The summed E-state index contributed by atoms with van der Waals surface area (Å²) < 4.78 is 0. The fraction of sp³-hybridized carbons (Fsp3) is 0.304. The van der Waals surface area contributed by atoms with Crippen LogP contribution in [-0.4, -0.2) is 52.9 Å². The summed E-state index contributed by atoms with van der Waals surface area (Å²) in [7, 11) is 0. The molecule has 1 saturated heterocycles. The first-order chi connectivity index (χ1) is 14.0. The molecule has 4 rings (SSSR count). The van der Waals surface area contributed by atoms with Gasteiger partial charge >= 0.3 is 0 Å². The second-order valence-electron chi connectivity index (χ2n) is 7.41. The van der Waals surface area contributed by atoms with E-state index in [2.05, 4.69) is 16.7 Å². The molecule has 29 heavy (non-hydrogen) atoms. The van der Waals surface area contributed by atoms with Crippen molar-refractivity contribution in [3.05, 3.63) is 70.2 Å². The molecule has 2 heterocycles. The number of nitrogens with zero attached hydrogens (tertiary/aromatic N) is 2. The Morgan fingerprint density at radius 3 is 2.03 bits per heavy atom. The molecule has 6 heteroatoms. The lowest BCUT2D eigenvalue weighted by Crippen LogP contribution is -2.42. The standard InChI is InChI=1S/C23H21ClN2O3/c24-18-9-7-17(8-10-18)23(29)11-15-25(16-12-23)13-3-4-14-26-21(27)19-5-1-2-6-20(19)22(26)28/h1-2,5-10,29H,11-16H2. The number of halogens is 1. The summed E-state index contributed by atoms with van der Waals surface area (Å²) in [6.45, 7) is 2.08. The average Bonchev–Trinajstić information content (AvgIpc) is 2.98. The third kappa shape index (κ3) is 3.92. The van der Waals surface area contributed by atoms with Gasteiger partial charge in [-0.1, -0.05) is 47.7 Å². The Kier molecular flexibility index (Phi) is 5.42. The van der Waals surface area contributed by atoms with Crippen molar-refractivity contribution in [1.29, 1.82) is 0 Å². The highest BCUT2D eigenvalue weighted by atomic mass is 35.5. The molecule has 148 valence electrons. The molecule has 1 fully saturated rings. The van der Waals surface area contributed by atoms with Crippen LogP contribution in [0.1, 0.15) is 39.1 Å². The van der Waals surface area contributed by atoms with Gasteiger partial charge in [0.25, 0.3) is 11.8 Å². The van der Waals surface area contributed by atoms with Gasteiger partial charge in [0, 0.05) is 18.1 Å². The van der Waals surface area contributed by atoms with E-state index >= 15 is 0 Å². The lowest BCUT2D eigenvalue weighted by Gasteiger charge is -2.37. The molecule has 0 saturated carbocycles. The summed E-state index contributed by atoms with van der Waals surface area (Å²) >= 11 is 5.93. The molecule has 0 radical (unpaired) electrons. The molecule has 2 aliphatic rings. The van der Waals surface area contributed by atoms with Crippen molar-refractivity contribution in [3.8, 4) is 11.8 Å². The molecule has 0 aromatic heterocycles. The number of carbonyl (C=O) groups excluding carboxylic acids is 2. The molecule has 1 N–H and O–H groups in total. The molecule has 0 aliphatic carbocycles. The maximum Gasteiger partial charge on any atom is 0.262 e. The summed E-state index contributed by atoms with van der Waals surface area (Å²) in [5.74, 6) is 5.43. The molecule has 0 bridgehead atoms. The number of fused-ring (bicyclic) bond motifs is 1. The molecule has 5 nitrogen and oxygen atoms in total. The van der Waals surface area contributed by atoms with Crippen LogP contribution in [0.3, 0.4) is 0 Å². The largest absolute Gasteiger partial charge is 0.385 e. The van der Waals surface area contributed by atoms with Crippen molar-refractivity contribution < 1.29 is 14.7 Å². The minimum Gasteiger partial charge on any atom is -0.385 e. The third-order valence-corrected chi connectivity index (χ3v) is 5.86. The lowest BCUT2D eigenvalue weighted by molar-refractivity contribution is -0.0230. The van der Waals surface area contributed by atoms with E-state index in [0.29, 0.717) is 35.5 Å². The SMILES string of the molecule is O=C1c2ccccc2C(=O)N1CC#CCN1CCC(O)(c2ccc(Cl)cc2)CC1. The quantitative estimate of drug-likeness (QED) is 0.626. The number of amides is 2. The molecule has 2 amide bonds. The first kappa shape index (κ1) is 19.7. The highest BCUT2D eigenvalue weighted by Crippen LogP contribution is 2.33. The zero-order valence-electron chi connectivity index (χ0n) is 15.9. The van der Waals surface area contributed by atoms with Crippen molar-refractivity contribution in [3.63, 3.8) is 0 Å².